The van der Waals surface area contributed by atoms with Crippen molar-refractivity contribution >= 4 is 15.7 Å². The molecule has 0 saturated carbocycles. The summed E-state index contributed by atoms with van der Waals surface area (Å²) in [7, 11) is -3.52. The minimum atomic E-state index is -3.52. The fourth-order valence-electron chi connectivity index (χ4n) is 1.30. The zero-order valence-corrected chi connectivity index (χ0v) is 9.45. The maximum atomic E-state index is 11.9. The van der Waals surface area contributed by atoms with Crippen LogP contribution in [0.3, 0.4) is 0 Å². The van der Waals surface area contributed by atoms with Gasteiger partial charge in [0.2, 0.25) is 0 Å². The highest BCUT2D eigenvalue weighted by atomic mass is 32.2. The second-order valence-corrected chi connectivity index (χ2v) is 5.09. The van der Waals surface area contributed by atoms with E-state index in [0.29, 0.717) is 5.69 Å². The van der Waals surface area contributed by atoms with Crippen LogP contribution in [0, 0.1) is 6.92 Å². The SMILES string of the molecule is Cc1cccc(S(=O)(=O)Nc2cn[nH]c2)c1. The predicted octanol–water partition coefficient (Wildman–Crippen LogP) is 1.52. The standard InChI is InChI=1S/C10H11N3O2S/c1-8-3-2-4-10(5-8)16(14,15)13-9-6-11-12-7-9/h2-7,13H,1H3,(H,11,12). The zero-order chi connectivity index (χ0) is 11.6. The van der Waals surface area contributed by atoms with Gasteiger partial charge >= 0.3 is 0 Å². The molecule has 0 aliphatic carbocycles. The molecule has 16 heavy (non-hydrogen) atoms. The van der Waals surface area contributed by atoms with Gasteiger partial charge in [0.15, 0.2) is 0 Å². The first kappa shape index (κ1) is 10.7. The van der Waals surface area contributed by atoms with Crippen LogP contribution < -0.4 is 4.72 Å². The lowest BCUT2D eigenvalue weighted by atomic mass is 10.2. The van der Waals surface area contributed by atoms with E-state index in [9.17, 15) is 8.42 Å². The van der Waals surface area contributed by atoms with Gasteiger partial charge in [0, 0.05) is 6.20 Å². The number of nitrogens with zero attached hydrogens (tertiary/aromatic N) is 1. The van der Waals surface area contributed by atoms with Gasteiger partial charge in [0.05, 0.1) is 16.8 Å². The summed E-state index contributed by atoms with van der Waals surface area (Å²) < 4.78 is 26.2. The van der Waals surface area contributed by atoms with E-state index in [-0.39, 0.29) is 4.90 Å². The number of rotatable bonds is 3. The van der Waals surface area contributed by atoms with E-state index >= 15 is 0 Å². The summed E-state index contributed by atoms with van der Waals surface area (Å²) in [6.45, 7) is 1.84. The highest BCUT2D eigenvalue weighted by molar-refractivity contribution is 7.92. The second-order valence-electron chi connectivity index (χ2n) is 3.41. The van der Waals surface area contributed by atoms with Crippen molar-refractivity contribution in [3.8, 4) is 0 Å². The minimum Gasteiger partial charge on any atom is -0.284 e. The summed E-state index contributed by atoms with van der Waals surface area (Å²) in [6, 6.07) is 6.72. The van der Waals surface area contributed by atoms with E-state index in [1.54, 1.807) is 18.2 Å². The fourth-order valence-corrected chi connectivity index (χ4v) is 2.44. The molecule has 0 spiro atoms. The van der Waals surface area contributed by atoms with Crippen LogP contribution >= 0.6 is 0 Å². The average Bonchev–Trinajstić information content (AvgIpc) is 2.70. The van der Waals surface area contributed by atoms with E-state index in [1.807, 2.05) is 13.0 Å². The smallest absolute Gasteiger partial charge is 0.262 e. The fraction of sp³-hybridized carbons (Fsp3) is 0.100. The average molecular weight is 237 g/mol. The molecule has 2 rings (SSSR count). The Kier molecular flexibility index (Phi) is 2.66. The van der Waals surface area contributed by atoms with E-state index in [0.717, 1.165) is 5.56 Å². The molecule has 2 N–H and O–H groups in total. The van der Waals surface area contributed by atoms with Crippen molar-refractivity contribution in [3.05, 3.63) is 42.2 Å². The van der Waals surface area contributed by atoms with Crippen molar-refractivity contribution in [2.45, 2.75) is 11.8 Å². The van der Waals surface area contributed by atoms with Gasteiger partial charge in [-0.1, -0.05) is 12.1 Å². The number of nitrogens with one attached hydrogen (secondary N) is 2. The van der Waals surface area contributed by atoms with E-state index in [4.69, 9.17) is 0 Å². The lowest BCUT2D eigenvalue weighted by molar-refractivity contribution is 0.601. The van der Waals surface area contributed by atoms with Crippen LogP contribution in [0.4, 0.5) is 5.69 Å². The molecule has 0 bridgehead atoms. The van der Waals surface area contributed by atoms with Gasteiger partial charge < -0.3 is 0 Å². The van der Waals surface area contributed by atoms with Crippen LogP contribution in [0.1, 0.15) is 5.56 Å². The number of aromatic amines is 1. The van der Waals surface area contributed by atoms with Gasteiger partial charge in [-0.25, -0.2) is 8.42 Å². The summed E-state index contributed by atoms with van der Waals surface area (Å²) in [5.41, 5.74) is 1.32. The summed E-state index contributed by atoms with van der Waals surface area (Å²) in [6.07, 6.45) is 2.89. The number of hydrogen-bond acceptors (Lipinski definition) is 3. The maximum absolute atomic E-state index is 11.9. The molecule has 5 nitrogen and oxygen atoms in total. The van der Waals surface area contributed by atoms with Gasteiger partial charge in [0.25, 0.3) is 10.0 Å². The number of H-pyrrole nitrogens is 1. The van der Waals surface area contributed by atoms with Gasteiger partial charge in [-0.2, -0.15) is 5.10 Å². The van der Waals surface area contributed by atoms with Crippen LogP contribution in [0.5, 0.6) is 0 Å². The predicted molar refractivity (Wildman–Crippen MR) is 60.6 cm³/mol. The Morgan fingerprint density at radius 2 is 2.19 bits per heavy atom. The molecule has 1 aromatic carbocycles. The van der Waals surface area contributed by atoms with Gasteiger partial charge in [-0.15, -0.1) is 0 Å². The molecular formula is C10H11N3O2S. The molecule has 0 aliphatic heterocycles. The van der Waals surface area contributed by atoms with E-state index in [2.05, 4.69) is 14.9 Å². The minimum absolute atomic E-state index is 0.244. The summed E-state index contributed by atoms with van der Waals surface area (Å²) in [5.74, 6) is 0. The van der Waals surface area contributed by atoms with Crippen LogP contribution in [0.25, 0.3) is 0 Å². The lowest BCUT2D eigenvalue weighted by Crippen LogP contribution is -2.12. The lowest BCUT2D eigenvalue weighted by Gasteiger charge is -2.05. The Hall–Kier alpha value is -1.82. The molecule has 0 amide bonds. The molecule has 84 valence electrons. The van der Waals surface area contributed by atoms with E-state index < -0.39 is 10.0 Å². The van der Waals surface area contributed by atoms with Crippen molar-refractivity contribution in [2.24, 2.45) is 0 Å². The Morgan fingerprint density at radius 1 is 1.38 bits per heavy atom. The number of hydrogen-bond donors (Lipinski definition) is 2. The summed E-state index contributed by atoms with van der Waals surface area (Å²) in [5, 5.41) is 6.20. The van der Waals surface area contributed by atoms with Crippen LogP contribution in [-0.2, 0) is 10.0 Å². The molecule has 0 radical (unpaired) electrons. The molecule has 0 saturated heterocycles. The molecule has 0 atom stereocenters. The third kappa shape index (κ3) is 2.22. The molecule has 1 aromatic heterocycles. The molecule has 0 fully saturated rings. The Bertz CT molecular complexity index is 576. The van der Waals surface area contributed by atoms with Crippen LogP contribution in [-0.4, -0.2) is 18.6 Å². The van der Waals surface area contributed by atoms with Crippen LogP contribution in [0.2, 0.25) is 0 Å². The molecule has 6 heteroatoms. The quantitative estimate of drug-likeness (QED) is 0.849. The highest BCUT2D eigenvalue weighted by Crippen LogP contribution is 2.15. The highest BCUT2D eigenvalue weighted by Gasteiger charge is 2.14. The van der Waals surface area contributed by atoms with Gasteiger partial charge in [0.1, 0.15) is 0 Å². The Balaban J connectivity index is 2.33. The van der Waals surface area contributed by atoms with Crippen molar-refractivity contribution in [1.29, 1.82) is 0 Å². The number of sulfonamides is 1. The molecule has 0 unspecified atom stereocenters. The number of aryl methyl sites for hydroxylation is 1. The molecule has 0 aliphatic rings. The van der Waals surface area contributed by atoms with Crippen molar-refractivity contribution in [1.82, 2.24) is 10.2 Å². The van der Waals surface area contributed by atoms with Crippen LogP contribution in [0.15, 0.2) is 41.6 Å². The largest absolute Gasteiger partial charge is 0.284 e. The van der Waals surface area contributed by atoms with Gasteiger partial charge in [-0.05, 0) is 24.6 Å². The number of benzene rings is 1. The van der Waals surface area contributed by atoms with Gasteiger partial charge in [-0.3, -0.25) is 9.82 Å². The topological polar surface area (TPSA) is 74.8 Å². The normalized spacial score (nSPS) is 11.3. The molecular weight excluding hydrogens is 226 g/mol. The Labute approximate surface area is 93.6 Å². The first-order valence-electron chi connectivity index (χ1n) is 4.66. The molecule has 1 heterocycles. The van der Waals surface area contributed by atoms with Crippen molar-refractivity contribution in [3.63, 3.8) is 0 Å². The monoisotopic (exact) mass is 237 g/mol. The van der Waals surface area contributed by atoms with Crippen molar-refractivity contribution < 1.29 is 8.42 Å². The number of aromatic nitrogens is 2. The first-order chi connectivity index (χ1) is 7.58. The molecule has 2 aromatic rings. The third-order valence-electron chi connectivity index (χ3n) is 2.05. The third-order valence-corrected chi connectivity index (χ3v) is 3.43. The summed E-state index contributed by atoms with van der Waals surface area (Å²) >= 11 is 0. The second kappa shape index (κ2) is 3.97. The van der Waals surface area contributed by atoms with Crippen molar-refractivity contribution in [2.75, 3.05) is 4.72 Å². The first-order valence-corrected chi connectivity index (χ1v) is 6.14. The zero-order valence-electron chi connectivity index (χ0n) is 8.64. The number of anilines is 1. The summed E-state index contributed by atoms with van der Waals surface area (Å²) in [4.78, 5) is 0.244. The maximum Gasteiger partial charge on any atom is 0.262 e. The van der Waals surface area contributed by atoms with E-state index in [1.165, 1.54) is 12.4 Å². The Morgan fingerprint density at radius 3 is 2.81 bits per heavy atom.